The van der Waals surface area contributed by atoms with E-state index in [-0.39, 0.29) is 22.3 Å². The molecule has 0 bridgehead atoms. The predicted octanol–water partition coefficient (Wildman–Crippen LogP) is 2.64. The predicted molar refractivity (Wildman–Crippen MR) is 82.3 cm³/mol. The summed E-state index contributed by atoms with van der Waals surface area (Å²) in [5.41, 5.74) is 7.26. The van der Waals surface area contributed by atoms with E-state index in [0.717, 1.165) is 37.5 Å². The fourth-order valence-electron chi connectivity index (χ4n) is 3.54. The number of nitro groups is 1. The molecule has 2 heterocycles. The van der Waals surface area contributed by atoms with Crippen molar-refractivity contribution < 1.29 is 4.92 Å². The SMILES string of the molecule is Cl.NC1CCCC2CN(Cc3csc([N+](=O)[O-])c3)CC12. The van der Waals surface area contributed by atoms with Crippen LogP contribution in [0.2, 0.25) is 0 Å². The van der Waals surface area contributed by atoms with Gasteiger partial charge in [0.25, 0.3) is 0 Å². The van der Waals surface area contributed by atoms with Gasteiger partial charge >= 0.3 is 5.00 Å². The quantitative estimate of drug-likeness (QED) is 0.687. The van der Waals surface area contributed by atoms with Gasteiger partial charge in [-0.05, 0) is 30.2 Å². The third kappa shape index (κ3) is 3.14. The average Bonchev–Trinajstić information content (AvgIpc) is 2.96. The van der Waals surface area contributed by atoms with E-state index >= 15 is 0 Å². The van der Waals surface area contributed by atoms with Crippen molar-refractivity contribution in [2.45, 2.75) is 31.8 Å². The zero-order valence-electron chi connectivity index (χ0n) is 11.2. The molecule has 5 nitrogen and oxygen atoms in total. The number of hydrogen-bond donors (Lipinski definition) is 1. The Morgan fingerprint density at radius 3 is 2.90 bits per heavy atom. The molecule has 2 fully saturated rings. The highest BCUT2D eigenvalue weighted by atomic mass is 35.5. The van der Waals surface area contributed by atoms with E-state index in [0.29, 0.717) is 12.0 Å². The number of likely N-dealkylation sites (tertiary alicyclic amines) is 1. The topological polar surface area (TPSA) is 72.4 Å². The van der Waals surface area contributed by atoms with Gasteiger partial charge in [0.2, 0.25) is 0 Å². The minimum absolute atomic E-state index is 0. The van der Waals surface area contributed by atoms with Crippen molar-refractivity contribution in [3.8, 4) is 0 Å². The standard InChI is InChI=1S/C13H19N3O2S.ClH/c14-12-3-1-2-10-6-15(7-11(10)12)5-9-4-13(16(17)18)19-8-9;/h4,8,10-12H,1-3,5-7,14H2;1H. The number of nitrogens with zero attached hydrogens (tertiary/aromatic N) is 2. The minimum Gasteiger partial charge on any atom is -0.327 e. The highest BCUT2D eigenvalue weighted by Gasteiger charge is 2.38. The Morgan fingerprint density at radius 1 is 1.45 bits per heavy atom. The van der Waals surface area contributed by atoms with Gasteiger partial charge in [0.15, 0.2) is 0 Å². The summed E-state index contributed by atoms with van der Waals surface area (Å²) in [7, 11) is 0. The van der Waals surface area contributed by atoms with Crippen molar-refractivity contribution in [3.63, 3.8) is 0 Å². The Balaban J connectivity index is 0.00000147. The maximum atomic E-state index is 10.7. The summed E-state index contributed by atoms with van der Waals surface area (Å²) in [6, 6.07) is 2.05. The fourth-order valence-corrected chi connectivity index (χ4v) is 4.26. The largest absolute Gasteiger partial charge is 0.327 e. The molecule has 7 heteroatoms. The summed E-state index contributed by atoms with van der Waals surface area (Å²) in [5, 5.41) is 12.8. The number of nitrogens with two attached hydrogens (primary N) is 1. The van der Waals surface area contributed by atoms with Gasteiger partial charge < -0.3 is 5.73 Å². The highest BCUT2D eigenvalue weighted by molar-refractivity contribution is 7.13. The van der Waals surface area contributed by atoms with Gasteiger partial charge in [-0.1, -0.05) is 17.8 Å². The second kappa shape index (κ2) is 6.39. The first-order valence-electron chi connectivity index (χ1n) is 6.83. The molecule has 20 heavy (non-hydrogen) atoms. The molecule has 3 rings (SSSR count). The molecule has 2 N–H and O–H groups in total. The van der Waals surface area contributed by atoms with Crippen LogP contribution in [-0.4, -0.2) is 29.0 Å². The molecule has 0 spiro atoms. The van der Waals surface area contributed by atoms with E-state index in [1.165, 1.54) is 24.2 Å². The van der Waals surface area contributed by atoms with Gasteiger partial charge in [-0.15, -0.1) is 12.4 Å². The van der Waals surface area contributed by atoms with E-state index in [1.54, 1.807) is 6.07 Å². The molecule has 1 aromatic rings. The molecule has 3 atom stereocenters. The average molecular weight is 318 g/mol. The molecule has 1 saturated heterocycles. The lowest BCUT2D eigenvalue weighted by Crippen LogP contribution is -2.38. The zero-order valence-corrected chi connectivity index (χ0v) is 12.9. The smallest absolute Gasteiger partial charge is 0.324 e. The van der Waals surface area contributed by atoms with Crippen LogP contribution in [0.5, 0.6) is 0 Å². The first kappa shape index (κ1) is 15.7. The Morgan fingerprint density at radius 2 is 2.25 bits per heavy atom. The normalized spacial score (nSPS) is 29.8. The van der Waals surface area contributed by atoms with Crippen LogP contribution in [-0.2, 0) is 6.54 Å². The number of halogens is 1. The van der Waals surface area contributed by atoms with Gasteiger partial charge in [-0.2, -0.15) is 0 Å². The molecule has 0 radical (unpaired) electrons. The lowest BCUT2D eigenvalue weighted by Gasteiger charge is -2.29. The summed E-state index contributed by atoms with van der Waals surface area (Å²) < 4.78 is 0. The summed E-state index contributed by atoms with van der Waals surface area (Å²) in [5.74, 6) is 1.36. The molecule has 2 aliphatic rings. The molecular weight excluding hydrogens is 298 g/mol. The van der Waals surface area contributed by atoms with Gasteiger partial charge in [0.1, 0.15) is 0 Å². The zero-order chi connectivity index (χ0) is 13.4. The molecular formula is C13H20ClN3O2S. The molecule has 1 saturated carbocycles. The Kier molecular flexibility index (Phi) is 5.01. The summed E-state index contributed by atoms with van der Waals surface area (Å²) in [6.07, 6.45) is 3.69. The maximum Gasteiger partial charge on any atom is 0.324 e. The van der Waals surface area contributed by atoms with Crippen molar-refractivity contribution in [1.29, 1.82) is 0 Å². The first-order valence-corrected chi connectivity index (χ1v) is 7.71. The molecule has 1 aliphatic carbocycles. The van der Waals surface area contributed by atoms with Crippen LogP contribution in [0.25, 0.3) is 0 Å². The van der Waals surface area contributed by atoms with Crippen LogP contribution in [0.15, 0.2) is 11.4 Å². The van der Waals surface area contributed by atoms with Crippen molar-refractivity contribution in [2.24, 2.45) is 17.6 Å². The van der Waals surface area contributed by atoms with E-state index in [1.807, 2.05) is 5.38 Å². The van der Waals surface area contributed by atoms with Crippen LogP contribution in [0.4, 0.5) is 5.00 Å². The van der Waals surface area contributed by atoms with Crippen LogP contribution in [0.3, 0.4) is 0 Å². The molecule has 1 aromatic heterocycles. The third-order valence-corrected chi connectivity index (χ3v) is 5.38. The van der Waals surface area contributed by atoms with Crippen LogP contribution in [0.1, 0.15) is 24.8 Å². The molecule has 112 valence electrons. The fraction of sp³-hybridized carbons (Fsp3) is 0.692. The second-order valence-corrected chi connectivity index (χ2v) is 6.65. The lowest BCUT2D eigenvalue weighted by atomic mass is 9.78. The van der Waals surface area contributed by atoms with E-state index in [4.69, 9.17) is 5.73 Å². The van der Waals surface area contributed by atoms with Crippen LogP contribution < -0.4 is 5.73 Å². The first-order chi connectivity index (χ1) is 9.13. The maximum absolute atomic E-state index is 10.7. The number of hydrogen-bond acceptors (Lipinski definition) is 5. The number of fused-ring (bicyclic) bond motifs is 1. The van der Waals surface area contributed by atoms with Crippen LogP contribution >= 0.6 is 23.7 Å². The highest BCUT2D eigenvalue weighted by Crippen LogP contribution is 2.36. The van der Waals surface area contributed by atoms with Crippen molar-refractivity contribution >= 4 is 28.7 Å². The minimum atomic E-state index is -0.312. The monoisotopic (exact) mass is 317 g/mol. The molecule has 3 unspecified atom stereocenters. The molecule has 1 aliphatic heterocycles. The van der Waals surface area contributed by atoms with Crippen molar-refractivity contribution in [3.05, 3.63) is 27.1 Å². The molecule has 0 aromatic carbocycles. The summed E-state index contributed by atoms with van der Waals surface area (Å²) in [4.78, 5) is 12.8. The van der Waals surface area contributed by atoms with Gasteiger partial charge in [-0.25, -0.2) is 0 Å². The van der Waals surface area contributed by atoms with Gasteiger partial charge in [0.05, 0.1) is 4.92 Å². The Hall–Kier alpha value is -0.690. The van der Waals surface area contributed by atoms with Crippen molar-refractivity contribution in [1.82, 2.24) is 4.90 Å². The van der Waals surface area contributed by atoms with Gasteiger partial charge in [0, 0.05) is 37.1 Å². The van der Waals surface area contributed by atoms with Crippen LogP contribution in [0, 0.1) is 22.0 Å². The third-order valence-electron chi connectivity index (χ3n) is 4.46. The van der Waals surface area contributed by atoms with Crippen molar-refractivity contribution in [2.75, 3.05) is 13.1 Å². The number of thiophene rings is 1. The van der Waals surface area contributed by atoms with E-state index < -0.39 is 0 Å². The van der Waals surface area contributed by atoms with E-state index in [9.17, 15) is 10.1 Å². The summed E-state index contributed by atoms with van der Waals surface area (Å²) in [6.45, 7) is 2.97. The second-order valence-electron chi connectivity index (χ2n) is 5.76. The van der Waals surface area contributed by atoms with Gasteiger partial charge in [-0.3, -0.25) is 15.0 Å². The summed E-state index contributed by atoms with van der Waals surface area (Å²) >= 11 is 1.22. The molecule has 0 amide bonds. The number of rotatable bonds is 3. The Labute approximate surface area is 128 Å². The Bertz CT molecular complexity index is 482. The lowest BCUT2D eigenvalue weighted by molar-refractivity contribution is -0.380. The van der Waals surface area contributed by atoms with E-state index in [2.05, 4.69) is 4.90 Å².